The molecule has 1 aromatic carbocycles. The van der Waals surface area contributed by atoms with E-state index in [9.17, 15) is 0 Å². The Bertz CT molecular complexity index is 546. The standard InChI is InChI=1S/C20H33N3O2/c1-16-5-4-10-22(14-16)15-19(23-11-8-21-9-12-23)18-7-6-17(24-2)13-20(18)25-3/h6-7,13,16,19,21H,4-5,8-12,14-15H2,1-3H3. The van der Waals surface area contributed by atoms with Crippen molar-refractivity contribution < 1.29 is 9.47 Å². The smallest absolute Gasteiger partial charge is 0.127 e. The molecule has 140 valence electrons. The first-order valence-corrected chi connectivity index (χ1v) is 9.60. The number of hydrogen-bond donors (Lipinski definition) is 1. The lowest BCUT2D eigenvalue weighted by Crippen LogP contribution is -2.49. The van der Waals surface area contributed by atoms with E-state index in [1.54, 1.807) is 14.2 Å². The van der Waals surface area contributed by atoms with Crippen molar-refractivity contribution in [1.29, 1.82) is 0 Å². The number of rotatable bonds is 6. The highest BCUT2D eigenvalue weighted by Gasteiger charge is 2.28. The van der Waals surface area contributed by atoms with E-state index in [1.807, 2.05) is 6.07 Å². The van der Waals surface area contributed by atoms with Crippen LogP contribution >= 0.6 is 0 Å². The molecule has 0 spiro atoms. The SMILES string of the molecule is COc1ccc(C(CN2CCCC(C)C2)N2CCNCC2)c(OC)c1. The Morgan fingerprint density at radius 1 is 1.16 bits per heavy atom. The fourth-order valence-electron chi connectivity index (χ4n) is 4.20. The van der Waals surface area contributed by atoms with Gasteiger partial charge in [0.25, 0.3) is 0 Å². The minimum absolute atomic E-state index is 0.369. The van der Waals surface area contributed by atoms with Crippen LogP contribution in [0.25, 0.3) is 0 Å². The maximum Gasteiger partial charge on any atom is 0.127 e. The summed E-state index contributed by atoms with van der Waals surface area (Å²) in [7, 11) is 3.47. The molecule has 2 heterocycles. The normalized spacial score (nSPS) is 24.0. The van der Waals surface area contributed by atoms with Crippen LogP contribution < -0.4 is 14.8 Å². The number of hydrogen-bond acceptors (Lipinski definition) is 5. The van der Waals surface area contributed by atoms with E-state index in [0.29, 0.717) is 6.04 Å². The lowest BCUT2D eigenvalue weighted by atomic mass is 9.97. The summed E-state index contributed by atoms with van der Waals surface area (Å²) in [6, 6.07) is 6.64. The summed E-state index contributed by atoms with van der Waals surface area (Å²) >= 11 is 0. The van der Waals surface area contributed by atoms with Gasteiger partial charge in [0, 0.05) is 50.9 Å². The molecule has 0 amide bonds. The largest absolute Gasteiger partial charge is 0.497 e. The van der Waals surface area contributed by atoms with Crippen LogP contribution in [0.2, 0.25) is 0 Å². The van der Waals surface area contributed by atoms with Crippen LogP contribution in [0.1, 0.15) is 31.4 Å². The van der Waals surface area contributed by atoms with E-state index in [0.717, 1.165) is 50.1 Å². The molecule has 2 unspecified atom stereocenters. The molecule has 5 nitrogen and oxygen atoms in total. The van der Waals surface area contributed by atoms with Gasteiger partial charge in [-0.1, -0.05) is 13.0 Å². The Morgan fingerprint density at radius 2 is 1.96 bits per heavy atom. The van der Waals surface area contributed by atoms with Crippen molar-refractivity contribution in [1.82, 2.24) is 15.1 Å². The van der Waals surface area contributed by atoms with Crippen molar-refractivity contribution in [2.24, 2.45) is 5.92 Å². The second kappa shape index (κ2) is 8.88. The Kier molecular flexibility index (Phi) is 6.57. The van der Waals surface area contributed by atoms with Gasteiger partial charge in [-0.05, 0) is 31.4 Å². The summed E-state index contributed by atoms with van der Waals surface area (Å²) in [6.07, 6.45) is 2.68. The van der Waals surface area contributed by atoms with Gasteiger partial charge in [0.2, 0.25) is 0 Å². The van der Waals surface area contributed by atoms with Crippen molar-refractivity contribution in [3.05, 3.63) is 23.8 Å². The zero-order chi connectivity index (χ0) is 17.6. The van der Waals surface area contributed by atoms with Crippen LogP contribution in [-0.4, -0.2) is 69.8 Å². The fourth-order valence-corrected chi connectivity index (χ4v) is 4.20. The zero-order valence-electron chi connectivity index (χ0n) is 16.0. The van der Waals surface area contributed by atoms with Crippen LogP contribution in [0.5, 0.6) is 11.5 Å². The van der Waals surface area contributed by atoms with Crippen LogP contribution in [0.3, 0.4) is 0 Å². The molecule has 5 heteroatoms. The van der Waals surface area contributed by atoms with E-state index < -0.39 is 0 Å². The summed E-state index contributed by atoms with van der Waals surface area (Å²) in [4.78, 5) is 5.25. The second-order valence-corrected chi connectivity index (χ2v) is 7.42. The molecule has 0 saturated carbocycles. The predicted molar refractivity (Wildman–Crippen MR) is 102 cm³/mol. The Hall–Kier alpha value is -1.30. The first kappa shape index (κ1) is 18.5. The van der Waals surface area contributed by atoms with Gasteiger partial charge in [-0.15, -0.1) is 0 Å². The summed E-state index contributed by atoms with van der Waals surface area (Å²) in [6.45, 7) is 10.2. The van der Waals surface area contributed by atoms with Gasteiger partial charge in [0.15, 0.2) is 0 Å². The maximum absolute atomic E-state index is 5.73. The van der Waals surface area contributed by atoms with Crippen molar-refractivity contribution in [3.8, 4) is 11.5 Å². The Labute approximate surface area is 152 Å². The number of piperazine rings is 1. The summed E-state index contributed by atoms with van der Waals surface area (Å²) in [5, 5.41) is 3.47. The van der Waals surface area contributed by atoms with Gasteiger partial charge in [0.05, 0.1) is 20.3 Å². The van der Waals surface area contributed by atoms with Gasteiger partial charge in [-0.3, -0.25) is 4.90 Å². The molecular formula is C20H33N3O2. The number of nitrogens with zero attached hydrogens (tertiary/aromatic N) is 2. The van der Waals surface area contributed by atoms with E-state index in [4.69, 9.17) is 9.47 Å². The highest BCUT2D eigenvalue weighted by Crippen LogP contribution is 2.34. The molecule has 0 radical (unpaired) electrons. The number of ether oxygens (including phenoxy) is 2. The molecule has 2 atom stereocenters. The number of benzene rings is 1. The number of piperidine rings is 1. The van der Waals surface area contributed by atoms with Gasteiger partial charge in [0.1, 0.15) is 11.5 Å². The van der Waals surface area contributed by atoms with E-state index >= 15 is 0 Å². The number of methoxy groups -OCH3 is 2. The molecule has 2 saturated heterocycles. The molecular weight excluding hydrogens is 314 g/mol. The van der Waals surface area contributed by atoms with Crippen molar-refractivity contribution in [2.45, 2.75) is 25.8 Å². The molecule has 2 fully saturated rings. The van der Waals surface area contributed by atoms with Gasteiger partial charge >= 0.3 is 0 Å². The maximum atomic E-state index is 5.73. The molecule has 2 aliphatic heterocycles. The van der Waals surface area contributed by atoms with Gasteiger partial charge in [-0.2, -0.15) is 0 Å². The highest BCUT2D eigenvalue weighted by molar-refractivity contribution is 5.42. The topological polar surface area (TPSA) is 37.0 Å². The second-order valence-electron chi connectivity index (χ2n) is 7.42. The molecule has 1 N–H and O–H groups in total. The minimum atomic E-state index is 0.369. The molecule has 0 aliphatic carbocycles. The average Bonchev–Trinajstić information content (AvgIpc) is 2.66. The van der Waals surface area contributed by atoms with E-state index in [1.165, 1.54) is 31.5 Å². The monoisotopic (exact) mass is 347 g/mol. The summed E-state index contributed by atoms with van der Waals surface area (Å²) < 4.78 is 11.1. The first-order chi connectivity index (χ1) is 12.2. The number of nitrogens with one attached hydrogen (secondary N) is 1. The third-order valence-corrected chi connectivity index (χ3v) is 5.56. The first-order valence-electron chi connectivity index (χ1n) is 9.60. The third-order valence-electron chi connectivity index (χ3n) is 5.56. The van der Waals surface area contributed by atoms with Crippen LogP contribution in [0.4, 0.5) is 0 Å². The van der Waals surface area contributed by atoms with Crippen molar-refractivity contribution in [2.75, 3.05) is 60.0 Å². The van der Waals surface area contributed by atoms with Crippen LogP contribution in [-0.2, 0) is 0 Å². The average molecular weight is 348 g/mol. The molecule has 25 heavy (non-hydrogen) atoms. The molecule has 2 aliphatic rings. The zero-order valence-corrected chi connectivity index (χ0v) is 16.0. The predicted octanol–water partition coefficient (Wildman–Crippen LogP) is 2.38. The summed E-state index contributed by atoms with van der Waals surface area (Å²) in [5.41, 5.74) is 1.28. The Morgan fingerprint density at radius 3 is 2.64 bits per heavy atom. The van der Waals surface area contributed by atoms with Crippen LogP contribution in [0, 0.1) is 5.92 Å². The third kappa shape index (κ3) is 4.66. The fraction of sp³-hybridized carbons (Fsp3) is 0.700. The molecule has 0 bridgehead atoms. The van der Waals surface area contributed by atoms with Crippen LogP contribution in [0.15, 0.2) is 18.2 Å². The van der Waals surface area contributed by atoms with Gasteiger partial charge < -0.3 is 19.7 Å². The molecule has 1 aromatic rings. The lowest BCUT2D eigenvalue weighted by Gasteiger charge is -2.40. The van der Waals surface area contributed by atoms with E-state index in [2.05, 4.69) is 34.2 Å². The van der Waals surface area contributed by atoms with E-state index in [-0.39, 0.29) is 0 Å². The summed E-state index contributed by atoms with van der Waals surface area (Å²) in [5.74, 6) is 2.59. The number of likely N-dealkylation sites (tertiary alicyclic amines) is 1. The van der Waals surface area contributed by atoms with Crippen molar-refractivity contribution in [3.63, 3.8) is 0 Å². The van der Waals surface area contributed by atoms with Gasteiger partial charge in [-0.25, -0.2) is 0 Å². The molecule has 3 rings (SSSR count). The van der Waals surface area contributed by atoms with Crippen molar-refractivity contribution >= 4 is 0 Å². The lowest BCUT2D eigenvalue weighted by molar-refractivity contribution is 0.0986. The Balaban J connectivity index is 1.84. The highest BCUT2D eigenvalue weighted by atomic mass is 16.5. The minimum Gasteiger partial charge on any atom is -0.497 e. The molecule has 0 aromatic heterocycles. The quantitative estimate of drug-likeness (QED) is 0.855.